The van der Waals surface area contributed by atoms with Crippen molar-refractivity contribution in [2.24, 2.45) is 0 Å². The summed E-state index contributed by atoms with van der Waals surface area (Å²) in [6.07, 6.45) is -1.84. The van der Waals surface area contributed by atoms with Crippen molar-refractivity contribution < 1.29 is 42.9 Å². The maximum absolute atomic E-state index is 13.5. The van der Waals surface area contributed by atoms with Gasteiger partial charge in [-0.2, -0.15) is 0 Å². The van der Waals surface area contributed by atoms with E-state index in [9.17, 15) is 28.7 Å². The van der Waals surface area contributed by atoms with Crippen molar-refractivity contribution in [3.8, 4) is 11.1 Å². The SMILES string of the molecule is CCOC(=O)CC(CC(=O)OCC)(N[C@@H](Cc1ccc(-c2ccccc2)cc1)C(=O)OCc1ccccc1)P(=O)(O)O. The van der Waals surface area contributed by atoms with E-state index in [1.54, 1.807) is 50.2 Å². The summed E-state index contributed by atoms with van der Waals surface area (Å²) in [5.74, 6) is -2.74. The molecular formula is C31H36NO9P. The molecule has 0 aliphatic carbocycles. The van der Waals surface area contributed by atoms with Crippen molar-refractivity contribution in [3.63, 3.8) is 0 Å². The fraction of sp³-hybridized carbons (Fsp3) is 0.323. The molecule has 0 aromatic heterocycles. The zero-order chi connectivity index (χ0) is 30.6. The third-order valence-corrected chi connectivity index (χ3v) is 8.05. The van der Waals surface area contributed by atoms with Crippen LogP contribution in [0.15, 0.2) is 84.9 Å². The fourth-order valence-electron chi connectivity index (χ4n) is 4.40. The van der Waals surface area contributed by atoms with E-state index in [1.165, 1.54) is 0 Å². The summed E-state index contributed by atoms with van der Waals surface area (Å²) in [5.41, 5.74) is 3.28. The number of hydrogen-bond donors (Lipinski definition) is 3. The van der Waals surface area contributed by atoms with Gasteiger partial charge in [-0.3, -0.25) is 24.3 Å². The second-order valence-corrected chi connectivity index (χ2v) is 11.5. The van der Waals surface area contributed by atoms with Gasteiger partial charge in [-0.15, -0.1) is 0 Å². The number of esters is 3. The van der Waals surface area contributed by atoms with Gasteiger partial charge in [0.05, 0.1) is 26.1 Å². The van der Waals surface area contributed by atoms with E-state index in [0.717, 1.165) is 11.1 Å². The first kappa shape index (κ1) is 32.7. The Kier molecular flexibility index (Phi) is 12.0. The van der Waals surface area contributed by atoms with E-state index in [0.29, 0.717) is 11.1 Å². The Balaban J connectivity index is 1.97. The van der Waals surface area contributed by atoms with Crippen LogP contribution in [0.25, 0.3) is 11.1 Å². The normalized spacial score (nSPS) is 12.3. The Labute approximate surface area is 245 Å². The molecule has 224 valence electrons. The smallest absolute Gasteiger partial charge is 0.346 e. The molecule has 1 atom stereocenters. The number of rotatable bonds is 15. The monoisotopic (exact) mass is 597 g/mol. The standard InChI is InChI=1S/C31H36NO9P/c1-3-39-28(33)20-31(42(36,37)38,21-29(34)40-4-2)32-27(30(35)41-22-24-11-7-5-8-12-24)19-23-15-17-26(18-16-23)25-13-9-6-10-14-25/h5-18,27,32H,3-4,19-22H2,1-2H3,(H2,36,37,38)/t27-/m0/s1. The molecule has 3 N–H and O–H groups in total. The predicted octanol–water partition coefficient (Wildman–Crippen LogP) is 4.38. The number of carbonyl (C=O) groups excluding carboxylic acids is 3. The Morgan fingerprint density at radius 2 is 1.24 bits per heavy atom. The molecule has 0 saturated carbocycles. The molecular weight excluding hydrogens is 561 g/mol. The summed E-state index contributed by atoms with van der Waals surface area (Å²) in [6, 6.07) is 24.5. The number of carbonyl (C=O) groups is 3. The van der Waals surface area contributed by atoms with Gasteiger partial charge in [-0.1, -0.05) is 84.9 Å². The molecule has 3 aromatic carbocycles. The number of benzene rings is 3. The molecule has 0 spiro atoms. The first-order valence-electron chi connectivity index (χ1n) is 13.6. The summed E-state index contributed by atoms with van der Waals surface area (Å²) in [7, 11) is -5.31. The van der Waals surface area contributed by atoms with Gasteiger partial charge in [0.1, 0.15) is 17.9 Å². The molecule has 0 saturated heterocycles. The van der Waals surface area contributed by atoms with Gasteiger partial charge in [-0.05, 0) is 42.5 Å². The summed E-state index contributed by atoms with van der Waals surface area (Å²) in [4.78, 5) is 59.6. The van der Waals surface area contributed by atoms with Gasteiger partial charge < -0.3 is 24.0 Å². The van der Waals surface area contributed by atoms with E-state index in [4.69, 9.17) is 14.2 Å². The van der Waals surface area contributed by atoms with Gasteiger partial charge in [0, 0.05) is 0 Å². The van der Waals surface area contributed by atoms with E-state index >= 15 is 0 Å². The Morgan fingerprint density at radius 1 is 0.738 bits per heavy atom. The quantitative estimate of drug-likeness (QED) is 0.131. The van der Waals surface area contributed by atoms with E-state index in [2.05, 4.69) is 5.32 Å². The van der Waals surface area contributed by atoms with E-state index in [-0.39, 0.29) is 26.2 Å². The predicted molar refractivity (Wildman–Crippen MR) is 156 cm³/mol. The van der Waals surface area contributed by atoms with Crippen LogP contribution in [0.1, 0.15) is 37.8 Å². The lowest BCUT2D eigenvalue weighted by Crippen LogP contribution is -2.56. The molecule has 0 heterocycles. The minimum Gasteiger partial charge on any atom is -0.466 e. The lowest BCUT2D eigenvalue weighted by Gasteiger charge is -2.36. The van der Waals surface area contributed by atoms with E-state index in [1.807, 2.05) is 48.5 Å². The zero-order valence-corrected chi connectivity index (χ0v) is 24.5. The second kappa shape index (κ2) is 15.4. The molecule has 11 heteroatoms. The maximum atomic E-state index is 13.5. The Hall–Kier alpha value is -3.82. The first-order chi connectivity index (χ1) is 20.1. The highest BCUT2D eigenvalue weighted by Gasteiger charge is 2.53. The molecule has 0 aliphatic rings. The minimum atomic E-state index is -5.31. The fourth-order valence-corrected chi connectivity index (χ4v) is 5.40. The largest absolute Gasteiger partial charge is 0.466 e. The van der Waals surface area contributed by atoms with Crippen molar-refractivity contribution in [2.45, 2.75) is 51.0 Å². The maximum Gasteiger partial charge on any atom is 0.346 e. The van der Waals surface area contributed by atoms with Crippen LogP contribution in [0.5, 0.6) is 0 Å². The Bertz CT molecular complexity index is 1340. The van der Waals surface area contributed by atoms with Crippen LogP contribution in [-0.2, 0) is 46.2 Å². The van der Waals surface area contributed by atoms with Crippen LogP contribution >= 0.6 is 7.60 Å². The molecule has 0 unspecified atom stereocenters. The highest BCUT2D eigenvalue weighted by Crippen LogP contribution is 2.53. The molecule has 0 amide bonds. The van der Waals surface area contributed by atoms with Crippen LogP contribution in [-0.4, -0.2) is 52.2 Å². The van der Waals surface area contributed by atoms with Crippen LogP contribution in [0.2, 0.25) is 0 Å². The van der Waals surface area contributed by atoms with Gasteiger partial charge in [0.2, 0.25) is 0 Å². The van der Waals surface area contributed by atoms with Crippen molar-refractivity contribution in [1.29, 1.82) is 0 Å². The summed E-state index contributed by atoms with van der Waals surface area (Å²) < 4.78 is 28.4. The van der Waals surface area contributed by atoms with Crippen LogP contribution in [0.4, 0.5) is 0 Å². The average molecular weight is 598 g/mol. The first-order valence-corrected chi connectivity index (χ1v) is 15.2. The van der Waals surface area contributed by atoms with Crippen molar-refractivity contribution in [2.75, 3.05) is 13.2 Å². The van der Waals surface area contributed by atoms with Gasteiger partial charge in [0.25, 0.3) is 0 Å². The lowest BCUT2D eigenvalue weighted by atomic mass is 9.99. The highest BCUT2D eigenvalue weighted by molar-refractivity contribution is 7.53. The average Bonchev–Trinajstić information content (AvgIpc) is 2.96. The third kappa shape index (κ3) is 9.36. The number of ether oxygens (including phenoxy) is 3. The van der Waals surface area contributed by atoms with Crippen molar-refractivity contribution in [1.82, 2.24) is 5.32 Å². The minimum absolute atomic E-state index is 0.0498. The van der Waals surface area contributed by atoms with Crippen molar-refractivity contribution >= 4 is 25.5 Å². The summed E-state index contributed by atoms with van der Waals surface area (Å²) in [5, 5.41) is 0.184. The molecule has 10 nitrogen and oxygen atoms in total. The third-order valence-electron chi connectivity index (χ3n) is 6.49. The highest BCUT2D eigenvalue weighted by atomic mass is 31.2. The molecule has 3 aromatic rings. The molecule has 0 aliphatic heterocycles. The van der Waals surface area contributed by atoms with Crippen LogP contribution < -0.4 is 5.32 Å². The molecule has 3 rings (SSSR count). The summed E-state index contributed by atoms with van der Waals surface area (Å²) >= 11 is 0. The van der Waals surface area contributed by atoms with Gasteiger partial charge >= 0.3 is 25.5 Å². The van der Waals surface area contributed by atoms with E-state index < -0.39 is 49.7 Å². The zero-order valence-electron chi connectivity index (χ0n) is 23.6. The molecule has 42 heavy (non-hydrogen) atoms. The van der Waals surface area contributed by atoms with Crippen LogP contribution in [0, 0.1) is 0 Å². The molecule has 0 radical (unpaired) electrons. The van der Waals surface area contributed by atoms with Gasteiger partial charge in [0.15, 0.2) is 0 Å². The number of hydrogen-bond acceptors (Lipinski definition) is 8. The lowest BCUT2D eigenvalue weighted by molar-refractivity contribution is -0.151. The van der Waals surface area contributed by atoms with Crippen molar-refractivity contribution in [3.05, 3.63) is 96.1 Å². The van der Waals surface area contributed by atoms with Crippen LogP contribution in [0.3, 0.4) is 0 Å². The topological polar surface area (TPSA) is 148 Å². The molecule has 0 fully saturated rings. The molecule has 0 bridgehead atoms. The second-order valence-electron chi connectivity index (χ2n) is 9.60. The Morgan fingerprint density at radius 3 is 1.74 bits per heavy atom. The van der Waals surface area contributed by atoms with Gasteiger partial charge in [-0.25, -0.2) is 0 Å². The summed E-state index contributed by atoms with van der Waals surface area (Å²) in [6.45, 7) is 2.89. The number of nitrogens with one attached hydrogen (secondary N) is 1.